The molecule has 0 saturated carbocycles. The summed E-state index contributed by atoms with van der Waals surface area (Å²) in [6.07, 6.45) is 0. The van der Waals surface area contributed by atoms with Crippen molar-refractivity contribution >= 4 is 17.1 Å². The zero-order valence-electron chi connectivity index (χ0n) is 15.4. The first-order valence-corrected chi connectivity index (χ1v) is 8.17. The number of benzene rings is 2. The predicted molar refractivity (Wildman–Crippen MR) is 103 cm³/mol. The van der Waals surface area contributed by atoms with E-state index in [0.29, 0.717) is 5.70 Å². The average Bonchev–Trinajstić information content (AvgIpc) is 2.55. The quantitative estimate of drug-likeness (QED) is 0.628. The topological polar surface area (TPSA) is 24.1 Å². The number of nitrogens with one attached hydrogen (secondary N) is 2. The molecule has 0 saturated heterocycles. The van der Waals surface area contributed by atoms with E-state index in [2.05, 4.69) is 23.8 Å². The molecule has 0 bridgehead atoms. The molecule has 2 rings (SSSR count). The van der Waals surface area contributed by atoms with Gasteiger partial charge in [-0.15, -0.1) is 0 Å². The summed E-state index contributed by atoms with van der Waals surface area (Å²) >= 11 is 0. The highest BCUT2D eigenvalue weighted by atomic mass is 19.1. The molecule has 0 spiro atoms. The van der Waals surface area contributed by atoms with Crippen LogP contribution in [0.4, 0.5) is 24.5 Å². The minimum atomic E-state index is -1.83. The van der Waals surface area contributed by atoms with Crippen LogP contribution in [0, 0.1) is 25.5 Å². The Morgan fingerprint density at radius 1 is 1.00 bits per heavy atom. The van der Waals surface area contributed by atoms with Gasteiger partial charge < -0.3 is 10.6 Å². The van der Waals surface area contributed by atoms with Crippen molar-refractivity contribution in [3.63, 3.8) is 0 Å². The second-order valence-electron chi connectivity index (χ2n) is 6.78. The Balaban J connectivity index is 2.34. The molecular formula is C21H23F3N2. The van der Waals surface area contributed by atoms with Gasteiger partial charge >= 0.3 is 0 Å². The third-order valence-corrected chi connectivity index (χ3v) is 4.09. The van der Waals surface area contributed by atoms with Crippen molar-refractivity contribution in [3.05, 3.63) is 77.5 Å². The Morgan fingerprint density at radius 3 is 2.27 bits per heavy atom. The number of hydrogen-bond acceptors (Lipinski definition) is 2. The molecule has 26 heavy (non-hydrogen) atoms. The zero-order valence-corrected chi connectivity index (χ0v) is 15.4. The number of aryl methyl sites for hydroxylation is 2. The van der Waals surface area contributed by atoms with Gasteiger partial charge in [0.05, 0.1) is 5.69 Å². The fourth-order valence-corrected chi connectivity index (χ4v) is 2.35. The SMILES string of the molecule is C=C(Nc1ccc(F)c(NC(=C)C(C)(C)F)c1F)c1cc(C)ccc1C. The molecular weight excluding hydrogens is 337 g/mol. The van der Waals surface area contributed by atoms with Crippen LogP contribution < -0.4 is 10.6 Å². The molecule has 2 nitrogen and oxygen atoms in total. The minimum absolute atomic E-state index is 0.0317. The Hall–Kier alpha value is -2.69. The number of rotatable bonds is 6. The molecule has 0 aromatic heterocycles. The average molecular weight is 360 g/mol. The van der Waals surface area contributed by atoms with E-state index in [1.165, 1.54) is 19.9 Å². The summed E-state index contributed by atoms with van der Waals surface area (Å²) in [6.45, 7) is 13.8. The highest BCUT2D eigenvalue weighted by Crippen LogP contribution is 2.31. The summed E-state index contributed by atoms with van der Waals surface area (Å²) in [7, 11) is 0. The Bertz CT molecular complexity index is 864. The van der Waals surface area contributed by atoms with Gasteiger partial charge in [0, 0.05) is 17.0 Å². The van der Waals surface area contributed by atoms with Crippen molar-refractivity contribution in [2.45, 2.75) is 33.4 Å². The van der Waals surface area contributed by atoms with Gasteiger partial charge in [0.1, 0.15) is 17.2 Å². The van der Waals surface area contributed by atoms with Crippen molar-refractivity contribution < 1.29 is 13.2 Å². The van der Waals surface area contributed by atoms with Crippen molar-refractivity contribution in [3.8, 4) is 0 Å². The molecule has 0 amide bonds. The van der Waals surface area contributed by atoms with Crippen LogP contribution in [-0.4, -0.2) is 5.67 Å². The fourth-order valence-electron chi connectivity index (χ4n) is 2.35. The van der Waals surface area contributed by atoms with E-state index in [1.807, 2.05) is 32.0 Å². The molecule has 0 aliphatic heterocycles. The predicted octanol–water partition coefficient (Wildman–Crippen LogP) is 6.34. The number of hydrogen-bond donors (Lipinski definition) is 2. The molecule has 0 aliphatic carbocycles. The van der Waals surface area contributed by atoms with Gasteiger partial charge in [-0.25, -0.2) is 13.2 Å². The van der Waals surface area contributed by atoms with Crippen LogP contribution >= 0.6 is 0 Å². The van der Waals surface area contributed by atoms with Crippen molar-refractivity contribution in [1.29, 1.82) is 0 Å². The summed E-state index contributed by atoms with van der Waals surface area (Å²) < 4.78 is 42.7. The lowest BCUT2D eigenvalue weighted by Crippen LogP contribution is -2.22. The summed E-state index contributed by atoms with van der Waals surface area (Å²) in [6, 6.07) is 8.21. The minimum Gasteiger partial charge on any atom is -0.353 e. The molecule has 5 heteroatoms. The first kappa shape index (κ1) is 19.6. The summed E-state index contributed by atoms with van der Waals surface area (Å²) in [5.41, 5.74) is 0.929. The van der Waals surface area contributed by atoms with E-state index in [1.54, 1.807) is 0 Å². The normalized spacial score (nSPS) is 11.2. The smallest absolute Gasteiger partial charge is 0.173 e. The third-order valence-electron chi connectivity index (χ3n) is 4.09. The van der Waals surface area contributed by atoms with E-state index in [0.717, 1.165) is 22.8 Å². The maximum absolute atomic E-state index is 14.8. The Labute approximate surface area is 152 Å². The molecule has 0 radical (unpaired) electrons. The summed E-state index contributed by atoms with van der Waals surface area (Å²) in [4.78, 5) is 0. The standard InChI is InChI=1S/C21H23F3N2/c1-12-7-8-13(2)16(11-12)14(3)25-18-10-9-17(22)20(19(18)23)26-15(4)21(5,6)24/h7-11,25-26H,3-4H2,1-2,5-6H3. The first-order chi connectivity index (χ1) is 12.0. The molecule has 0 fully saturated rings. The van der Waals surface area contributed by atoms with Crippen LogP contribution in [0.15, 0.2) is 49.2 Å². The number of allylic oxidation sites excluding steroid dienone is 1. The Morgan fingerprint density at radius 2 is 1.65 bits per heavy atom. The lowest BCUT2D eigenvalue weighted by atomic mass is 10.0. The molecule has 0 unspecified atom stereocenters. The number of anilines is 2. The fraction of sp³-hybridized carbons (Fsp3) is 0.238. The molecule has 0 aliphatic rings. The monoisotopic (exact) mass is 360 g/mol. The van der Waals surface area contributed by atoms with Gasteiger partial charge in [-0.3, -0.25) is 0 Å². The highest BCUT2D eigenvalue weighted by Gasteiger charge is 2.23. The molecule has 2 aromatic carbocycles. The molecule has 2 N–H and O–H groups in total. The van der Waals surface area contributed by atoms with E-state index in [-0.39, 0.29) is 11.4 Å². The van der Waals surface area contributed by atoms with E-state index in [4.69, 9.17) is 0 Å². The van der Waals surface area contributed by atoms with Gasteiger partial charge in [-0.05, 0) is 51.5 Å². The second kappa shape index (κ2) is 7.28. The molecule has 0 atom stereocenters. The van der Waals surface area contributed by atoms with Crippen LogP contribution in [0.2, 0.25) is 0 Å². The maximum Gasteiger partial charge on any atom is 0.173 e. The van der Waals surface area contributed by atoms with Crippen LogP contribution in [0.5, 0.6) is 0 Å². The lowest BCUT2D eigenvalue weighted by Gasteiger charge is -2.21. The van der Waals surface area contributed by atoms with Gasteiger partial charge in [-0.2, -0.15) is 0 Å². The van der Waals surface area contributed by atoms with E-state index >= 15 is 0 Å². The maximum atomic E-state index is 14.8. The summed E-state index contributed by atoms with van der Waals surface area (Å²) in [5, 5.41) is 5.28. The van der Waals surface area contributed by atoms with Crippen molar-refractivity contribution in [2.24, 2.45) is 0 Å². The summed E-state index contributed by atoms with van der Waals surface area (Å²) in [5.74, 6) is -1.71. The van der Waals surface area contributed by atoms with E-state index < -0.39 is 23.0 Å². The Kier molecular flexibility index (Phi) is 5.50. The van der Waals surface area contributed by atoms with E-state index in [9.17, 15) is 13.2 Å². The molecule has 0 heterocycles. The van der Waals surface area contributed by atoms with Gasteiger partial charge in [0.15, 0.2) is 5.82 Å². The number of alkyl halides is 1. The highest BCUT2D eigenvalue weighted by molar-refractivity contribution is 5.79. The first-order valence-electron chi connectivity index (χ1n) is 8.17. The molecule has 138 valence electrons. The van der Waals surface area contributed by atoms with Crippen molar-refractivity contribution in [1.82, 2.24) is 0 Å². The van der Waals surface area contributed by atoms with Crippen LogP contribution in [-0.2, 0) is 0 Å². The second-order valence-corrected chi connectivity index (χ2v) is 6.78. The number of halogens is 3. The lowest BCUT2D eigenvalue weighted by molar-refractivity contribution is 0.270. The molecule has 2 aromatic rings. The third kappa shape index (κ3) is 4.28. The van der Waals surface area contributed by atoms with Crippen molar-refractivity contribution in [2.75, 3.05) is 10.6 Å². The van der Waals surface area contributed by atoms with Gasteiger partial charge in [-0.1, -0.05) is 30.9 Å². The van der Waals surface area contributed by atoms with Gasteiger partial charge in [0.25, 0.3) is 0 Å². The largest absolute Gasteiger partial charge is 0.353 e. The van der Waals surface area contributed by atoms with Gasteiger partial charge in [0.2, 0.25) is 0 Å². The zero-order chi connectivity index (χ0) is 19.6. The van der Waals surface area contributed by atoms with Crippen LogP contribution in [0.1, 0.15) is 30.5 Å². The van der Waals surface area contributed by atoms with Crippen LogP contribution in [0.3, 0.4) is 0 Å². The van der Waals surface area contributed by atoms with Crippen LogP contribution in [0.25, 0.3) is 5.70 Å².